The number of thiophene rings is 1. The maximum atomic E-state index is 13.8. The molecule has 0 saturated heterocycles. The second-order valence-electron chi connectivity index (χ2n) is 6.96. The molecule has 33 heavy (non-hydrogen) atoms. The van der Waals surface area contributed by atoms with Crippen LogP contribution in [-0.2, 0) is 4.79 Å². The third kappa shape index (κ3) is 4.36. The smallest absolute Gasteiger partial charge is 0.295 e. The summed E-state index contributed by atoms with van der Waals surface area (Å²) >= 11 is 2.74. The summed E-state index contributed by atoms with van der Waals surface area (Å²) in [5, 5.41) is 12.2. The summed E-state index contributed by atoms with van der Waals surface area (Å²) < 4.78 is 16.1. The average Bonchev–Trinajstić information content (AvgIpc) is 3.51. The Kier molecular flexibility index (Phi) is 5.40. The molecule has 0 spiro atoms. The first-order valence-corrected chi connectivity index (χ1v) is 11.4. The van der Waals surface area contributed by atoms with Crippen molar-refractivity contribution in [3.8, 4) is 16.4 Å². The molecule has 0 saturated carbocycles. The fraction of sp³-hybridized carbons (Fsp3) is 0.0455. The van der Waals surface area contributed by atoms with Crippen LogP contribution in [0.15, 0.2) is 60.0 Å². The van der Waals surface area contributed by atoms with Crippen molar-refractivity contribution < 1.29 is 14.0 Å². The Morgan fingerprint density at radius 2 is 1.91 bits per heavy atom. The van der Waals surface area contributed by atoms with Crippen molar-refractivity contribution in [3.05, 3.63) is 71.6 Å². The van der Waals surface area contributed by atoms with Crippen molar-refractivity contribution in [2.24, 2.45) is 0 Å². The highest BCUT2D eigenvalue weighted by Crippen LogP contribution is 2.29. The SMILES string of the molecule is CC(=O)Nc1nc2ccc(NC(=O)c3nc(-c4cccs4)n(-c4cccc(F)c4)n3)cc2s1. The number of amides is 2. The van der Waals surface area contributed by atoms with Crippen molar-refractivity contribution in [3.63, 3.8) is 0 Å². The largest absolute Gasteiger partial charge is 0.319 e. The normalized spacial score (nSPS) is 11.0. The quantitative estimate of drug-likeness (QED) is 0.372. The molecule has 8 nitrogen and oxygen atoms in total. The zero-order chi connectivity index (χ0) is 22.9. The minimum Gasteiger partial charge on any atom is -0.319 e. The Morgan fingerprint density at radius 3 is 2.67 bits per heavy atom. The Morgan fingerprint density at radius 1 is 1.03 bits per heavy atom. The molecule has 2 aromatic carbocycles. The van der Waals surface area contributed by atoms with E-state index in [2.05, 4.69) is 25.7 Å². The van der Waals surface area contributed by atoms with Gasteiger partial charge in [-0.15, -0.1) is 16.4 Å². The van der Waals surface area contributed by atoms with E-state index in [4.69, 9.17) is 0 Å². The molecule has 0 radical (unpaired) electrons. The second-order valence-corrected chi connectivity index (χ2v) is 8.94. The van der Waals surface area contributed by atoms with Gasteiger partial charge in [0.2, 0.25) is 11.7 Å². The topological polar surface area (TPSA) is 102 Å². The highest BCUT2D eigenvalue weighted by molar-refractivity contribution is 7.22. The summed E-state index contributed by atoms with van der Waals surface area (Å²) in [6.45, 7) is 1.41. The summed E-state index contributed by atoms with van der Waals surface area (Å²) in [5.41, 5.74) is 1.70. The molecule has 0 unspecified atom stereocenters. The Balaban J connectivity index is 1.46. The van der Waals surface area contributed by atoms with Crippen LogP contribution in [0.25, 0.3) is 26.6 Å². The molecule has 0 aliphatic rings. The van der Waals surface area contributed by atoms with Gasteiger partial charge >= 0.3 is 0 Å². The number of benzene rings is 2. The number of hydrogen-bond acceptors (Lipinski definition) is 7. The highest BCUT2D eigenvalue weighted by Gasteiger charge is 2.20. The number of nitrogens with zero attached hydrogens (tertiary/aromatic N) is 4. The van der Waals surface area contributed by atoms with E-state index >= 15 is 0 Å². The maximum absolute atomic E-state index is 13.8. The first-order valence-electron chi connectivity index (χ1n) is 9.73. The van der Waals surface area contributed by atoms with Crippen LogP contribution in [0.2, 0.25) is 0 Å². The molecule has 0 atom stereocenters. The van der Waals surface area contributed by atoms with Gasteiger partial charge in [0.25, 0.3) is 5.91 Å². The fourth-order valence-corrected chi connectivity index (χ4v) is 4.80. The van der Waals surface area contributed by atoms with Gasteiger partial charge in [-0.2, -0.15) is 0 Å². The summed E-state index contributed by atoms with van der Waals surface area (Å²) in [6, 6.07) is 14.9. The average molecular weight is 479 g/mol. The van der Waals surface area contributed by atoms with E-state index in [1.54, 1.807) is 30.3 Å². The van der Waals surface area contributed by atoms with Gasteiger partial charge in [-0.05, 0) is 47.8 Å². The van der Waals surface area contributed by atoms with Crippen molar-refractivity contribution >= 4 is 55.5 Å². The highest BCUT2D eigenvalue weighted by atomic mass is 32.1. The molecule has 3 heterocycles. The van der Waals surface area contributed by atoms with Gasteiger partial charge in [0.05, 0.1) is 20.8 Å². The van der Waals surface area contributed by atoms with Crippen molar-refractivity contribution in [1.82, 2.24) is 19.7 Å². The molecule has 2 amide bonds. The molecule has 0 aliphatic carbocycles. The number of nitrogens with one attached hydrogen (secondary N) is 2. The molecular weight excluding hydrogens is 463 g/mol. The number of fused-ring (bicyclic) bond motifs is 1. The first kappa shape index (κ1) is 20.9. The van der Waals surface area contributed by atoms with E-state index in [1.807, 2.05) is 17.5 Å². The number of hydrogen-bond donors (Lipinski definition) is 2. The van der Waals surface area contributed by atoms with Crippen molar-refractivity contribution in [1.29, 1.82) is 0 Å². The lowest BCUT2D eigenvalue weighted by Gasteiger charge is -2.04. The Hall–Kier alpha value is -3.96. The molecular formula is C22H15FN6O2S2. The predicted octanol–water partition coefficient (Wildman–Crippen LogP) is 4.96. The molecule has 2 N–H and O–H groups in total. The van der Waals surface area contributed by atoms with Crippen LogP contribution in [0.4, 0.5) is 15.2 Å². The maximum Gasteiger partial charge on any atom is 0.295 e. The number of anilines is 2. The molecule has 164 valence electrons. The van der Waals surface area contributed by atoms with Crippen LogP contribution in [-0.4, -0.2) is 31.6 Å². The van der Waals surface area contributed by atoms with Crippen molar-refractivity contribution in [2.45, 2.75) is 6.92 Å². The number of rotatable bonds is 5. The number of halogens is 1. The number of carbonyl (C=O) groups is 2. The summed E-state index contributed by atoms with van der Waals surface area (Å²) in [6.07, 6.45) is 0. The molecule has 0 bridgehead atoms. The molecule has 11 heteroatoms. The number of carbonyl (C=O) groups excluding carboxylic acids is 2. The number of thiazole rings is 1. The Labute approximate surface area is 194 Å². The van der Waals surface area contributed by atoms with Crippen LogP contribution in [0.5, 0.6) is 0 Å². The monoisotopic (exact) mass is 478 g/mol. The lowest BCUT2D eigenvalue weighted by Crippen LogP contribution is -2.14. The third-order valence-electron chi connectivity index (χ3n) is 4.53. The fourth-order valence-electron chi connectivity index (χ4n) is 3.15. The third-order valence-corrected chi connectivity index (χ3v) is 6.33. The summed E-state index contributed by atoms with van der Waals surface area (Å²) in [7, 11) is 0. The standard InChI is InChI=1S/C22H15FN6O2S2/c1-12(30)24-22-26-16-8-7-14(11-18(16)33-22)25-21(31)19-27-20(17-6-3-9-32-17)29(28-19)15-5-2-4-13(23)10-15/h2-11H,1H3,(H,25,31)(H,24,26,30). The van der Waals surface area contributed by atoms with E-state index in [9.17, 15) is 14.0 Å². The summed E-state index contributed by atoms with van der Waals surface area (Å²) in [4.78, 5) is 33.8. The van der Waals surface area contributed by atoms with Gasteiger partial charge in [0.15, 0.2) is 11.0 Å². The van der Waals surface area contributed by atoms with E-state index in [0.717, 1.165) is 9.58 Å². The van der Waals surface area contributed by atoms with Gasteiger partial charge in [0.1, 0.15) is 5.82 Å². The minimum absolute atomic E-state index is 0.0500. The molecule has 3 aromatic heterocycles. The van der Waals surface area contributed by atoms with E-state index in [0.29, 0.717) is 27.8 Å². The predicted molar refractivity (Wildman–Crippen MR) is 127 cm³/mol. The van der Waals surface area contributed by atoms with Gasteiger partial charge in [-0.25, -0.2) is 19.0 Å². The lowest BCUT2D eigenvalue weighted by molar-refractivity contribution is -0.114. The zero-order valence-corrected chi connectivity index (χ0v) is 18.7. The van der Waals surface area contributed by atoms with Crippen LogP contribution in [0, 0.1) is 5.82 Å². The minimum atomic E-state index is -0.506. The molecule has 0 aliphatic heterocycles. The van der Waals surface area contributed by atoms with Crippen LogP contribution in [0.1, 0.15) is 17.5 Å². The van der Waals surface area contributed by atoms with Gasteiger partial charge in [-0.3, -0.25) is 9.59 Å². The molecule has 5 aromatic rings. The van der Waals surface area contributed by atoms with Gasteiger partial charge in [0, 0.05) is 12.6 Å². The van der Waals surface area contributed by atoms with E-state index in [-0.39, 0.29) is 11.7 Å². The van der Waals surface area contributed by atoms with Crippen LogP contribution in [0.3, 0.4) is 0 Å². The summed E-state index contributed by atoms with van der Waals surface area (Å²) in [5.74, 6) is -0.731. The Bertz CT molecular complexity index is 1490. The van der Waals surface area contributed by atoms with E-state index in [1.165, 1.54) is 46.4 Å². The van der Waals surface area contributed by atoms with Crippen molar-refractivity contribution in [2.75, 3.05) is 10.6 Å². The molecule has 0 fully saturated rings. The van der Waals surface area contributed by atoms with Crippen LogP contribution >= 0.6 is 22.7 Å². The lowest BCUT2D eigenvalue weighted by atomic mass is 10.3. The zero-order valence-electron chi connectivity index (χ0n) is 17.1. The first-order chi connectivity index (χ1) is 16.0. The van der Waals surface area contributed by atoms with Crippen LogP contribution < -0.4 is 10.6 Å². The molecule has 5 rings (SSSR count). The van der Waals surface area contributed by atoms with Gasteiger partial charge in [-0.1, -0.05) is 23.5 Å². The van der Waals surface area contributed by atoms with E-state index < -0.39 is 11.7 Å². The van der Waals surface area contributed by atoms with Gasteiger partial charge < -0.3 is 10.6 Å². The second kappa shape index (κ2) is 8.52. The number of aromatic nitrogens is 4.